The Bertz CT molecular complexity index is 588. The summed E-state index contributed by atoms with van der Waals surface area (Å²) in [6.07, 6.45) is 0. The van der Waals surface area contributed by atoms with Crippen molar-refractivity contribution in [3.8, 4) is 0 Å². The monoisotopic (exact) mass is 312 g/mol. The summed E-state index contributed by atoms with van der Waals surface area (Å²) in [5.41, 5.74) is 1.90. The molecule has 0 saturated carbocycles. The SMILES string of the molecule is O=S(=O)([O-])NNc1cccc(S(=O)(=O)[O-])c1.[Na+].[Na+]. The van der Waals surface area contributed by atoms with Gasteiger partial charge in [0.1, 0.15) is 10.1 Å². The third kappa shape index (κ3) is 8.07. The molecule has 18 heavy (non-hydrogen) atoms. The van der Waals surface area contributed by atoms with E-state index in [4.69, 9.17) is 0 Å². The van der Waals surface area contributed by atoms with Crippen molar-refractivity contribution in [3.05, 3.63) is 24.3 Å². The number of benzene rings is 1. The Labute approximate surface area is 149 Å². The zero-order valence-corrected chi connectivity index (χ0v) is 15.2. The first-order valence-electron chi connectivity index (χ1n) is 3.73. The predicted octanol–water partition coefficient (Wildman–Crippen LogP) is -7.02. The van der Waals surface area contributed by atoms with Gasteiger partial charge in [0.25, 0.3) is 0 Å². The Balaban J connectivity index is 0. The third-order valence-corrected chi connectivity index (χ3v) is 2.63. The summed E-state index contributed by atoms with van der Waals surface area (Å²) < 4.78 is 62.3. The van der Waals surface area contributed by atoms with Gasteiger partial charge in [-0.05, 0) is 18.2 Å². The fraction of sp³-hybridized carbons (Fsp3) is 0. The van der Waals surface area contributed by atoms with Crippen molar-refractivity contribution in [2.75, 3.05) is 5.43 Å². The molecule has 0 fully saturated rings. The second kappa shape index (κ2) is 8.17. The molecule has 1 aromatic carbocycles. The quantitative estimate of drug-likeness (QED) is 0.320. The zero-order chi connectivity index (χ0) is 12.4. The maximum Gasteiger partial charge on any atom is 1.00 e. The van der Waals surface area contributed by atoms with Crippen molar-refractivity contribution in [1.29, 1.82) is 0 Å². The average molecular weight is 312 g/mol. The van der Waals surface area contributed by atoms with Crippen LogP contribution in [0.5, 0.6) is 0 Å². The Morgan fingerprint density at radius 2 is 1.56 bits per heavy atom. The van der Waals surface area contributed by atoms with E-state index in [2.05, 4.69) is 0 Å². The van der Waals surface area contributed by atoms with E-state index in [1.807, 2.05) is 5.43 Å². The maximum absolute atomic E-state index is 10.6. The Kier molecular flexibility index (Phi) is 9.58. The van der Waals surface area contributed by atoms with Gasteiger partial charge >= 0.3 is 59.1 Å². The van der Waals surface area contributed by atoms with Crippen LogP contribution in [0.3, 0.4) is 0 Å². The molecule has 8 nitrogen and oxygen atoms in total. The normalized spacial score (nSPS) is 11.0. The Morgan fingerprint density at radius 1 is 1.00 bits per heavy atom. The second-order valence-electron chi connectivity index (χ2n) is 2.66. The number of nitrogens with one attached hydrogen (secondary N) is 2. The molecule has 0 aliphatic carbocycles. The van der Waals surface area contributed by atoms with Crippen LogP contribution in [0, 0.1) is 0 Å². The molecular formula is C6H6N2Na2O6S2. The second-order valence-corrected chi connectivity index (χ2v) is 5.16. The van der Waals surface area contributed by atoms with Crippen molar-refractivity contribution in [2.45, 2.75) is 4.90 Å². The summed E-state index contributed by atoms with van der Waals surface area (Å²) in [5, 5.41) is 0. The molecule has 0 aromatic heterocycles. The van der Waals surface area contributed by atoms with Crippen molar-refractivity contribution in [1.82, 2.24) is 4.83 Å². The summed E-state index contributed by atoms with van der Waals surface area (Å²) in [4.78, 5) is 0.847. The van der Waals surface area contributed by atoms with Gasteiger partial charge in [0, 0.05) is 0 Å². The first-order chi connectivity index (χ1) is 7.18. The van der Waals surface area contributed by atoms with Gasteiger partial charge in [0.15, 0.2) is 10.3 Å². The molecule has 1 aromatic rings. The molecule has 0 atom stereocenters. The van der Waals surface area contributed by atoms with Crippen LogP contribution in [0.15, 0.2) is 29.2 Å². The largest absolute Gasteiger partial charge is 1.00 e. The minimum Gasteiger partial charge on any atom is -0.744 e. The van der Waals surface area contributed by atoms with Crippen molar-refractivity contribution in [3.63, 3.8) is 0 Å². The van der Waals surface area contributed by atoms with Gasteiger partial charge in [0.05, 0.1) is 10.6 Å². The number of rotatable bonds is 4. The molecule has 0 unspecified atom stereocenters. The van der Waals surface area contributed by atoms with Crippen molar-refractivity contribution < 1.29 is 85.1 Å². The number of hydrogen-bond donors (Lipinski definition) is 2. The van der Waals surface area contributed by atoms with Crippen LogP contribution in [-0.2, 0) is 20.4 Å². The molecule has 0 aliphatic heterocycles. The standard InChI is InChI=1S/C6H8N2O6S2.2Na/c9-15(10,11)6-3-1-2-5(4-6)7-8-16(12,13)14;;/h1-4,7-8H,(H,9,10,11)(H,12,13,14);;/q;2*+1/p-2. The molecule has 1 rings (SSSR count). The fourth-order valence-corrected chi connectivity index (χ4v) is 1.61. The molecule has 0 saturated heterocycles. The first-order valence-corrected chi connectivity index (χ1v) is 6.55. The van der Waals surface area contributed by atoms with Gasteiger partial charge in [-0.1, -0.05) is 6.07 Å². The van der Waals surface area contributed by atoms with Crippen LogP contribution in [0.25, 0.3) is 0 Å². The third-order valence-electron chi connectivity index (χ3n) is 1.44. The van der Waals surface area contributed by atoms with Gasteiger partial charge in [0.2, 0.25) is 0 Å². The van der Waals surface area contributed by atoms with E-state index < -0.39 is 25.3 Å². The molecular weight excluding hydrogens is 306 g/mol. The van der Waals surface area contributed by atoms with Crippen molar-refractivity contribution >= 4 is 26.1 Å². The van der Waals surface area contributed by atoms with Gasteiger partial charge in [-0.2, -0.15) is 0 Å². The molecule has 90 valence electrons. The molecule has 0 aliphatic rings. The zero-order valence-electron chi connectivity index (χ0n) is 9.58. The smallest absolute Gasteiger partial charge is 0.744 e. The maximum atomic E-state index is 10.6. The van der Waals surface area contributed by atoms with Gasteiger partial charge in [-0.3, -0.25) is 0 Å². The molecule has 0 amide bonds. The van der Waals surface area contributed by atoms with Crippen LogP contribution >= 0.6 is 0 Å². The number of anilines is 1. The summed E-state index contributed by atoms with van der Waals surface area (Å²) in [6, 6.07) is 4.42. The molecule has 0 bridgehead atoms. The van der Waals surface area contributed by atoms with Crippen LogP contribution in [0.2, 0.25) is 0 Å². The van der Waals surface area contributed by atoms with Gasteiger partial charge < -0.3 is 14.5 Å². The summed E-state index contributed by atoms with van der Waals surface area (Å²) in [6.45, 7) is 0. The van der Waals surface area contributed by atoms with Crippen LogP contribution in [0.4, 0.5) is 5.69 Å². The summed E-state index contributed by atoms with van der Waals surface area (Å²) in [7, 11) is -9.33. The van der Waals surface area contributed by atoms with Crippen LogP contribution in [0.1, 0.15) is 0 Å². The van der Waals surface area contributed by atoms with Crippen LogP contribution < -0.4 is 69.4 Å². The first kappa shape index (κ1) is 21.1. The van der Waals surface area contributed by atoms with E-state index in [0.29, 0.717) is 0 Å². The summed E-state index contributed by atoms with van der Waals surface area (Å²) >= 11 is 0. The minimum absolute atomic E-state index is 0. The topological polar surface area (TPSA) is 138 Å². The summed E-state index contributed by atoms with van der Waals surface area (Å²) in [5.74, 6) is 0. The fourth-order valence-electron chi connectivity index (χ4n) is 0.851. The molecule has 2 N–H and O–H groups in total. The molecule has 0 radical (unpaired) electrons. The van der Waals surface area contributed by atoms with E-state index in [-0.39, 0.29) is 64.8 Å². The average Bonchev–Trinajstić information content (AvgIpc) is 2.13. The molecule has 0 spiro atoms. The van der Waals surface area contributed by atoms with E-state index in [0.717, 1.165) is 12.1 Å². The predicted molar refractivity (Wildman–Crippen MR) is 50.9 cm³/mol. The van der Waals surface area contributed by atoms with Crippen LogP contribution in [-0.4, -0.2) is 25.9 Å². The number of hydrazine groups is 1. The molecule has 0 heterocycles. The van der Waals surface area contributed by atoms with Crippen molar-refractivity contribution in [2.24, 2.45) is 0 Å². The van der Waals surface area contributed by atoms with E-state index in [9.17, 15) is 25.9 Å². The van der Waals surface area contributed by atoms with Gasteiger partial charge in [-0.25, -0.2) is 16.8 Å². The molecule has 12 heteroatoms. The van der Waals surface area contributed by atoms with E-state index >= 15 is 0 Å². The van der Waals surface area contributed by atoms with E-state index in [1.54, 1.807) is 0 Å². The number of hydrogen-bond acceptors (Lipinski definition) is 7. The Hall–Kier alpha value is 0.800. The Morgan fingerprint density at radius 3 is 2.00 bits per heavy atom. The van der Waals surface area contributed by atoms with E-state index in [1.165, 1.54) is 17.0 Å². The minimum atomic E-state index is -4.71. The van der Waals surface area contributed by atoms with Gasteiger partial charge in [-0.15, -0.1) is 4.83 Å².